The zero-order valence-electron chi connectivity index (χ0n) is 17.9. The summed E-state index contributed by atoms with van der Waals surface area (Å²) >= 11 is 5.36. The van der Waals surface area contributed by atoms with Crippen LogP contribution in [-0.2, 0) is 14.3 Å². The lowest BCUT2D eigenvalue weighted by Crippen LogP contribution is -2.54. The number of hydrogen-bond acceptors (Lipinski definition) is 7. The molecule has 9 heteroatoms. The number of rotatable bonds is 4. The van der Waals surface area contributed by atoms with Crippen LogP contribution in [0.2, 0.25) is 0 Å². The van der Waals surface area contributed by atoms with Crippen LogP contribution >= 0.6 is 12.2 Å². The van der Waals surface area contributed by atoms with E-state index >= 15 is 0 Å². The normalized spacial score (nSPS) is 18.5. The molecule has 2 aromatic rings. The first-order chi connectivity index (χ1) is 15.4. The van der Waals surface area contributed by atoms with Gasteiger partial charge < -0.3 is 14.1 Å². The van der Waals surface area contributed by atoms with Crippen molar-refractivity contribution in [2.75, 3.05) is 37.0 Å². The highest BCUT2D eigenvalue weighted by molar-refractivity contribution is 7.80. The smallest absolute Gasteiger partial charge is 0.337 e. The molecule has 1 aromatic heterocycles. The SMILES string of the molecule is COC(=O)c1ccc(N2C(=O)C(=Cc3ccc(N4CCCCC4)o3)C(=O)N(C)C2=S)cc1. The molecule has 1 aromatic carbocycles. The van der Waals surface area contributed by atoms with E-state index in [0.29, 0.717) is 17.0 Å². The maximum absolute atomic E-state index is 13.3. The highest BCUT2D eigenvalue weighted by Crippen LogP contribution is 2.28. The molecule has 0 saturated carbocycles. The Morgan fingerprint density at radius 2 is 1.72 bits per heavy atom. The molecule has 4 rings (SSSR count). The Bertz CT molecular complexity index is 1100. The molecule has 2 aliphatic heterocycles. The predicted octanol–water partition coefficient (Wildman–Crippen LogP) is 3.23. The third kappa shape index (κ3) is 4.03. The third-order valence-corrected chi connectivity index (χ3v) is 6.02. The van der Waals surface area contributed by atoms with Crippen molar-refractivity contribution in [2.24, 2.45) is 0 Å². The third-order valence-electron chi connectivity index (χ3n) is 5.56. The molecule has 0 radical (unpaired) electrons. The number of amides is 2. The number of furan rings is 1. The molecule has 2 aliphatic rings. The van der Waals surface area contributed by atoms with Gasteiger partial charge in [0.25, 0.3) is 11.8 Å². The Hall–Kier alpha value is -3.46. The summed E-state index contributed by atoms with van der Waals surface area (Å²) in [4.78, 5) is 42.4. The van der Waals surface area contributed by atoms with Crippen molar-refractivity contribution in [3.63, 3.8) is 0 Å². The number of benzene rings is 1. The Kier molecular flexibility index (Phi) is 6.09. The number of anilines is 2. The van der Waals surface area contributed by atoms with E-state index in [1.54, 1.807) is 18.2 Å². The average Bonchev–Trinajstić information content (AvgIpc) is 3.30. The van der Waals surface area contributed by atoms with Gasteiger partial charge in [-0.1, -0.05) is 0 Å². The second-order valence-electron chi connectivity index (χ2n) is 7.61. The zero-order valence-corrected chi connectivity index (χ0v) is 18.7. The molecule has 0 spiro atoms. The molecule has 8 nitrogen and oxygen atoms in total. The van der Waals surface area contributed by atoms with Gasteiger partial charge in [0.15, 0.2) is 11.0 Å². The van der Waals surface area contributed by atoms with Crippen LogP contribution in [0.25, 0.3) is 6.08 Å². The summed E-state index contributed by atoms with van der Waals surface area (Å²) in [6.45, 7) is 1.85. The highest BCUT2D eigenvalue weighted by Gasteiger charge is 2.38. The number of thiocarbonyl (C=S) groups is 1. The van der Waals surface area contributed by atoms with Gasteiger partial charge in [-0.3, -0.25) is 19.4 Å². The van der Waals surface area contributed by atoms with Gasteiger partial charge in [-0.2, -0.15) is 0 Å². The van der Waals surface area contributed by atoms with E-state index in [1.165, 1.54) is 48.6 Å². The molecule has 0 aliphatic carbocycles. The van der Waals surface area contributed by atoms with Crippen LogP contribution in [0.4, 0.5) is 11.6 Å². The molecule has 0 unspecified atom stereocenters. The van der Waals surface area contributed by atoms with E-state index in [-0.39, 0.29) is 10.7 Å². The van der Waals surface area contributed by atoms with Gasteiger partial charge in [0.05, 0.1) is 18.4 Å². The minimum Gasteiger partial charge on any atom is -0.465 e. The maximum atomic E-state index is 13.3. The Labute approximate surface area is 191 Å². The number of nitrogens with zero attached hydrogens (tertiary/aromatic N) is 3. The van der Waals surface area contributed by atoms with E-state index < -0.39 is 17.8 Å². The van der Waals surface area contributed by atoms with Crippen molar-refractivity contribution in [1.82, 2.24) is 4.90 Å². The lowest BCUT2D eigenvalue weighted by Gasteiger charge is -2.34. The summed E-state index contributed by atoms with van der Waals surface area (Å²) in [5, 5.41) is 0.0522. The fraction of sp³-hybridized carbons (Fsp3) is 0.304. The molecular formula is C23H23N3O5S. The van der Waals surface area contributed by atoms with Crippen LogP contribution in [0.15, 0.2) is 46.4 Å². The van der Waals surface area contributed by atoms with E-state index in [0.717, 1.165) is 31.8 Å². The molecule has 32 heavy (non-hydrogen) atoms. The molecule has 2 fully saturated rings. The summed E-state index contributed by atoms with van der Waals surface area (Å²) in [6.07, 6.45) is 4.88. The molecule has 0 bridgehead atoms. The first-order valence-electron chi connectivity index (χ1n) is 10.3. The number of hydrogen-bond donors (Lipinski definition) is 0. The summed E-state index contributed by atoms with van der Waals surface area (Å²) in [6, 6.07) is 9.84. The van der Waals surface area contributed by atoms with Gasteiger partial charge in [0.1, 0.15) is 11.3 Å². The standard InChI is InChI=1S/C23H23N3O5S/c1-24-20(27)18(14-17-10-11-19(31-17)25-12-4-3-5-13-25)21(28)26(23(24)32)16-8-6-15(7-9-16)22(29)30-2/h6-11,14H,3-5,12-13H2,1-2H3. The Morgan fingerprint density at radius 3 is 2.38 bits per heavy atom. The lowest BCUT2D eigenvalue weighted by atomic mass is 10.1. The largest absolute Gasteiger partial charge is 0.465 e. The van der Waals surface area contributed by atoms with Crippen molar-refractivity contribution in [3.8, 4) is 0 Å². The molecule has 2 amide bonds. The molecule has 3 heterocycles. The minimum atomic E-state index is -0.556. The van der Waals surface area contributed by atoms with E-state index in [4.69, 9.17) is 21.4 Å². The molecule has 0 atom stereocenters. The number of carbonyl (C=O) groups excluding carboxylic acids is 3. The van der Waals surface area contributed by atoms with Gasteiger partial charge in [0.2, 0.25) is 0 Å². The number of likely N-dealkylation sites (N-methyl/N-ethyl adjacent to an activating group) is 1. The average molecular weight is 454 g/mol. The van der Waals surface area contributed by atoms with Crippen LogP contribution < -0.4 is 9.80 Å². The first kappa shape index (κ1) is 21.8. The lowest BCUT2D eigenvalue weighted by molar-refractivity contribution is -0.127. The topological polar surface area (TPSA) is 83.3 Å². The Balaban J connectivity index is 1.63. The summed E-state index contributed by atoms with van der Waals surface area (Å²) < 4.78 is 10.6. The number of piperidine rings is 1. The van der Waals surface area contributed by atoms with Gasteiger partial charge in [-0.25, -0.2) is 4.79 Å². The zero-order chi connectivity index (χ0) is 22.8. The second-order valence-corrected chi connectivity index (χ2v) is 7.97. The van der Waals surface area contributed by atoms with Crippen molar-refractivity contribution in [1.29, 1.82) is 0 Å². The van der Waals surface area contributed by atoms with Crippen LogP contribution in [0, 0.1) is 0 Å². The summed E-state index contributed by atoms with van der Waals surface area (Å²) in [5.41, 5.74) is 0.719. The quantitative estimate of drug-likeness (QED) is 0.304. The van der Waals surface area contributed by atoms with E-state index in [2.05, 4.69) is 4.90 Å². The van der Waals surface area contributed by atoms with Crippen LogP contribution in [0.5, 0.6) is 0 Å². The van der Waals surface area contributed by atoms with Gasteiger partial charge in [0, 0.05) is 26.2 Å². The number of ether oxygens (including phenoxy) is 1. The monoisotopic (exact) mass is 453 g/mol. The first-order valence-corrected chi connectivity index (χ1v) is 10.7. The highest BCUT2D eigenvalue weighted by atomic mass is 32.1. The predicted molar refractivity (Wildman–Crippen MR) is 123 cm³/mol. The summed E-state index contributed by atoms with van der Waals surface area (Å²) in [7, 11) is 2.81. The second kappa shape index (κ2) is 8.96. The van der Waals surface area contributed by atoms with E-state index in [1.807, 2.05) is 6.07 Å². The van der Waals surface area contributed by atoms with Crippen molar-refractivity contribution in [3.05, 3.63) is 53.3 Å². The van der Waals surface area contributed by atoms with Gasteiger partial charge >= 0.3 is 5.97 Å². The number of methoxy groups -OCH3 is 1. The number of esters is 1. The van der Waals surface area contributed by atoms with Crippen LogP contribution in [0.1, 0.15) is 35.4 Å². The number of carbonyl (C=O) groups is 3. The van der Waals surface area contributed by atoms with Crippen LogP contribution in [-0.4, -0.2) is 55.0 Å². The minimum absolute atomic E-state index is 0.0522. The molecule has 2 saturated heterocycles. The maximum Gasteiger partial charge on any atom is 0.337 e. The van der Waals surface area contributed by atoms with Crippen molar-refractivity contribution >= 4 is 52.8 Å². The fourth-order valence-electron chi connectivity index (χ4n) is 3.78. The van der Waals surface area contributed by atoms with Gasteiger partial charge in [-0.05, 0) is 67.9 Å². The molecule has 166 valence electrons. The fourth-order valence-corrected chi connectivity index (χ4v) is 4.05. The molecular weight excluding hydrogens is 430 g/mol. The van der Waals surface area contributed by atoms with Gasteiger partial charge in [-0.15, -0.1) is 0 Å². The van der Waals surface area contributed by atoms with Crippen molar-refractivity contribution < 1.29 is 23.5 Å². The van der Waals surface area contributed by atoms with Crippen LogP contribution in [0.3, 0.4) is 0 Å². The Morgan fingerprint density at radius 1 is 1.03 bits per heavy atom. The van der Waals surface area contributed by atoms with Crippen molar-refractivity contribution in [2.45, 2.75) is 19.3 Å². The van der Waals surface area contributed by atoms with E-state index in [9.17, 15) is 14.4 Å². The summed E-state index contributed by atoms with van der Waals surface area (Å²) in [5.74, 6) is -0.395. The molecule has 0 N–H and O–H groups in total.